The van der Waals surface area contributed by atoms with Crippen LogP contribution in [0.25, 0.3) is 0 Å². The quantitative estimate of drug-likeness (QED) is 0.783. The first-order chi connectivity index (χ1) is 8.35. The highest BCUT2D eigenvalue weighted by Gasteiger charge is 2.29. The van der Waals surface area contributed by atoms with Crippen molar-refractivity contribution in [2.24, 2.45) is 0 Å². The smallest absolute Gasteiger partial charge is 0.131 e. The van der Waals surface area contributed by atoms with E-state index in [0.717, 1.165) is 37.2 Å². The van der Waals surface area contributed by atoms with Gasteiger partial charge in [-0.3, -0.25) is 0 Å². The molecule has 1 heterocycles. The zero-order valence-corrected chi connectivity index (χ0v) is 10.9. The molecule has 1 fully saturated rings. The molecule has 1 N–H and O–H groups in total. The molecule has 94 valence electrons. The van der Waals surface area contributed by atoms with Crippen LogP contribution in [0.3, 0.4) is 0 Å². The lowest BCUT2D eigenvalue weighted by Crippen LogP contribution is -2.27. The van der Waals surface area contributed by atoms with Crippen molar-refractivity contribution in [3.63, 3.8) is 0 Å². The van der Waals surface area contributed by atoms with E-state index in [9.17, 15) is 0 Å². The minimum absolute atomic E-state index is 0.740. The van der Waals surface area contributed by atoms with Gasteiger partial charge in [0.25, 0.3) is 0 Å². The summed E-state index contributed by atoms with van der Waals surface area (Å²) in [5.41, 5.74) is 0. The molecule has 2 rings (SSSR count). The number of nitrogens with one attached hydrogen (secondary N) is 1. The molecule has 1 aromatic rings. The average molecular weight is 233 g/mol. The molecule has 1 aliphatic carbocycles. The van der Waals surface area contributed by atoms with E-state index in [0.29, 0.717) is 0 Å². The standard InChI is InChI=1S/C14H23N3/c1-3-10-15-13-6-5-7-14(16-13)17(11-4-2)12-8-9-12/h5-7,12H,3-4,8-11H2,1-2H3,(H,15,16). The summed E-state index contributed by atoms with van der Waals surface area (Å²) in [5.74, 6) is 2.14. The van der Waals surface area contributed by atoms with E-state index in [2.05, 4.69) is 42.3 Å². The number of rotatable bonds is 7. The second kappa shape index (κ2) is 5.89. The maximum Gasteiger partial charge on any atom is 0.131 e. The second-order valence-corrected chi connectivity index (χ2v) is 4.73. The fourth-order valence-electron chi connectivity index (χ4n) is 2.05. The van der Waals surface area contributed by atoms with Crippen molar-refractivity contribution in [3.05, 3.63) is 18.2 Å². The van der Waals surface area contributed by atoms with Crippen molar-refractivity contribution in [1.82, 2.24) is 4.98 Å². The van der Waals surface area contributed by atoms with Gasteiger partial charge in [-0.1, -0.05) is 19.9 Å². The van der Waals surface area contributed by atoms with Crippen LogP contribution in [0.4, 0.5) is 11.6 Å². The zero-order chi connectivity index (χ0) is 12.1. The Morgan fingerprint density at radius 1 is 1.29 bits per heavy atom. The Morgan fingerprint density at radius 3 is 2.76 bits per heavy atom. The van der Waals surface area contributed by atoms with Crippen LogP contribution in [-0.4, -0.2) is 24.1 Å². The number of anilines is 2. The van der Waals surface area contributed by atoms with Gasteiger partial charge in [0, 0.05) is 19.1 Å². The monoisotopic (exact) mass is 233 g/mol. The van der Waals surface area contributed by atoms with E-state index < -0.39 is 0 Å². The lowest BCUT2D eigenvalue weighted by Gasteiger charge is -2.23. The Balaban J connectivity index is 2.07. The molecule has 0 aliphatic heterocycles. The Labute approximate surface area is 104 Å². The molecule has 0 radical (unpaired) electrons. The first kappa shape index (κ1) is 12.2. The molecule has 1 saturated carbocycles. The van der Waals surface area contributed by atoms with E-state index in [4.69, 9.17) is 4.98 Å². The van der Waals surface area contributed by atoms with Crippen LogP contribution < -0.4 is 10.2 Å². The Bertz CT molecular complexity index is 347. The van der Waals surface area contributed by atoms with Crippen molar-refractivity contribution in [2.75, 3.05) is 23.3 Å². The van der Waals surface area contributed by atoms with Crippen molar-refractivity contribution >= 4 is 11.6 Å². The van der Waals surface area contributed by atoms with E-state index >= 15 is 0 Å². The van der Waals surface area contributed by atoms with Crippen LogP contribution in [0.1, 0.15) is 39.5 Å². The molecular formula is C14H23N3. The van der Waals surface area contributed by atoms with Gasteiger partial charge in [0.05, 0.1) is 0 Å². The molecule has 1 aromatic heterocycles. The topological polar surface area (TPSA) is 28.2 Å². The van der Waals surface area contributed by atoms with Gasteiger partial charge in [0.2, 0.25) is 0 Å². The van der Waals surface area contributed by atoms with Crippen molar-refractivity contribution in [3.8, 4) is 0 Å². The van der Waals surface area contributed by atoms with Gasteiger partial charge in [0.1, 0.15) is 11.6 Å². The summed E-state index contributed by atoms with van der Waals surface area (Å²) in [6, 6.07) is 7.02. The SMILES string of the molecule is CCCNc1cccc(N(CCC)C2CC2)n1. The van der Waals surface area contributed by atoms with Gasteiger partial charge in [-0.2, -0.15) is 0 Å². The van der Waals surface area contributed by atoms with Gasteiger partial charge in [-0.05, 0) is 37.8 Å². The minimum atomic E-state index is 0.740. The number of pyridine rings is 1. The van der Waals surface area contributed by atoms with Gasteiger partial charge in [-0.25, -0.2) is 4.98 Å². The van der Waals surface area contributed by atoms with E-state index in [1.807, 2.05) is 0 Å². The predicted molar refractivity (Wildman–Crippen MR) is 73.7 cm³/mol. The van der Waals surface area contributed by atoms with Crippen molar-refractivity contribution in [1.29, 1.82) is 0 Å². The molecule has 17 heavy (non-hydrogen) atoms. The molecule has 0 saturated heterocycles. The molecule has 0 aromatic carbocycles. The van der Waals surface area contributed by atoms with Crippen LogP contribution in [0, 0.1) is 0 Å². The maximum atomic E-state index is 4.71. The van der Waals surface area contributed by atoms with E-state index in [1.54, 1.807) is 0 Å². The van der Waals surface area contributed by atoms with Crippen LogP contribution in [0.15, 0.2) is 18.2 Å². The van der Waals surface area contributed by atoms with Crippen molar-refractivity contribution in [2.45, 2.75) is 45.6 Å². The average Bonchev–Trinajstić information content (AvgIpc) is 3.18. The summed E-state index contributed by atoms with van der Waals surface area (Å²) in [6.07, 6.45) is 4.97. The Kier molecular flexibility index (Phi) is 4.24. The molecule has 0 amide bonds. The predicted octanol–water partition coefficient (Wildman–Crippen LogP) is 3.28. The summed E-state index contributed by atoms with van der Waals surface area (Å²) >= 11 is 0. The number of nitrogens with zero attached hydrogens (tertiary/aromatic N) is 2. The summed E-state index contributed by atoms with van der Waals surface area (Å²) in [6.45, 7) is 6.52. The highest BCUT2D eigenvalue weighted by Crippen LogP contribution is 2.31. The van der Waals surface area contributed by atoms with Gasteiger partial charge in [-0.15, -0.1) is 0 Å². The van der Waals surface area contributed by atoms with Gasteiger partial charge in [0.15, 0.2) is 0 Å². The summed E-state index contributed by atoms with van der Waals surface area (Å²) in [7, 11) is 0. The first-order valence-corrected chi connectivity index (χ1v) is 6.82. The summed E-state index contributed by atoms with van der Waals surface area (Å²) in [4.78, 5) is 7.16. The third-order valence-corrected chi connectivity index (χ3v) is 3.04. The van der Waals surface area contributed by atoms with E-state index in [-0.39, 0.29) is 0 Å². The number of hydrogen-bond donors (Lipinski definition) is 1. The molecule has 0 atom stereocenters. The lowest BCUT2D eigenvalue weighted by molar-refractivity contribution is 0.750. The first-order valence-electron chi connectivity index (χ1n) is 6.82. The maximum absolute atomic E-state index is 4.71. The van der Waals surface area contributed by atoms with Crippen LogP contribution >= 0.6 is 0 Å². The van der Waals surface area contributed by atoms with Gasteiger partial charge >= 0.3 is 0 Å². The lowest BCUT2D eigenvalue weighted by atomic mass is 10.3. The molecule has 1 aliphatic rings. The molecule has 0 spiro atoms. The Hall–Kier alpha value is -1.25. The molecule has 0 bridgehead atoms. The molecular weight excluding hydrogens is 210 g/mol. The number of hydrogen-bond acceptors (Lipinski definition) is 3. The second-order valence-electron chi connectivity index (χ2n) is 4.73. The summed E-state index contributed by atoms with van der Waals surface area (Å²) in [5, 5.41) is 3.35. The van der Waals surface area contributed by atoms with Crippen molar-refractivity contribution < 1.29 is 0 Å². The minimum Gasteiger partial charge on any atom is -0.370 e. The van der Waals surface area contributed by atoms with Crippen LogP contribution in [-0.2, 0) is 0 Å². The van der Waals surface area contributed by atoms with E-state index in [1.165, 1.54) is 19.3 Å². The molecule has 3 nitrogen and oxygen atoms in total. The van der Waals surface area contributed by atoms with Gasteiger partial charge < -0.3 is 10.2 Å². The fourth-order valence-corrected chi connectivity index (χ4v) is 2.05. The van der Waals surface area contributed by atoms with Crippen LogP contribution in [0.2, 0.25) is 0 Å². The fraction of sp³-hybridized carbons (Fsp3) is 0.643. The summed E-state index contributed by atoms with van der Waals surface area (Å²) < 4.78 is 0. The third-order valence-electron chi connectivity index (χ3n) is 3.04. The Morgan fingerprint density at radius 2 is 2.12 bits per heavy atom. The zero-order valence-electron chi connectivity index (χ0n) is 10.9. The molecule has 0 unspecified atom stereocenters. The van der Waals surface area contributed by atoms with Crippen LogP contribution in [0.5, 0.6) is 0 Å². The third kappa shape index (κ3) is 3.35. The normalized spacial score (nSPS) is 14.7. The highest BCUT2D eigenvalue weighted by atomic mass is 15.2. The number of aromatic nitrogens is 1. The highest BCUT2D eigenvalue weighted by molar-refractivity contribution is 5.48. The largest absolute Gasteiger partial charge is 0.370 e. The molecule has 3 heteroatoms.